The van der Waals surface area contributed by atoms with Gasteiger partial charge < -0.3 is 9.47 Å². The summed E-state index contributed by atoms with van der Waals surface area (Å²) in [4.78, 5) is 11.6. The van der Waals surface area contributed by atoms with E-state index in [9.17, 15) is 9.18 Å². The molecule has 36 heavy (non-hydrogen) atoms. The molecule has 0 amide bonds. The fraction of sp³-hybridized carbons (Fsp3) is 0.0741. The van der Waals surface area contributed by atoms with Crippen LogP contribution in [0.4, 0.5) is 4.39 Å². The molecule has 0 saturated heterocycles. The first kappa shape index (κ1) is 23.8. The number of rotatable bonds is 8. The van der Waals surface area contributed by atoms with Crippen LogP contribution in [0.5, 0.6) is 11.5 Å². The van der Waals surface area contributed by atoms with Gasteiger partial charge in [0.1, 0.15) is 41.6 Å². The van der Waals surface area contributed by atoms with Gasteiger partial charge in [0.2, 0.25) is 0 Å². The summed E-state index contributed by atoms with van der Waals surface area (Å²) in [7, 11) is 0. The van der Waals surface area contributed by atoms with E-state index in [1.807, 2.05) is 24.3 Å². The number of hydrogen-bond donors (Lipinski definition) is 0. The van der Waals surface area contributed by atoms with Gasteiger partial charge in [0.25, 0.3) is 0 Å². The van der Waals surface area contributed by atoms with Gasteiger partial charge in [-0.25, -0.2) is 9.02 Å². The van der Waals surface area contributed by atoms with Crippen molar-refractivity contribution in [1.29, 1.82) is 0 Å². The summed E-state index contributed by atoms with van der Waals surface area (Å²) < 4.78 is 30.2. The van der Waals surface area contributed by atoms with Crippen LogP contribution < -0.4 is 9.47 Å². The highest BCUT2D eigenvalue weighted by Crippen LogP contribution is 2.35. The number of nitrogens with zero attached hydrogens (tertiary/aromatic N) is 2. The zero-order valence-corrected chi connectivity index (χ0v) is 20.1. The van der Waals surface area contributed by atoms with Gasteiger partial charge in [0, 0.05) is 17.2 Å². The smallest absolute Gasteiger partial charge is 0.153 e. The van der Waals surface area contributed by atoms with E-state index in [1.165, 1.54) is 18.2 Å². The average molecular weight is 523 g/mol. The predicted molar refractivity (Wildman–Crippen MR) is 134 cm³/mol. The highest BCUT2D eigenvalue weighted by molar-refractivity contribution is 6.34. The molecule has 5 aromatic rings. The van der Waals surface area contributed by atoms with Gasteiger partial charge in [-0.1, -0.05) is 59.6 Å². The van der Waals surface area contributed by atoms with E-state index in [0.29, 0.717) is 50.5 Å². The molecule has 0 aliphatic rings. The maximum atomic E-state index is 13.7. The van der Waals surface area contributed by atoms with Crippen LogP contribution in [0.15, 0.2) is 77.4 Å². The molecule has 0 aliphatic heterocycles. The van der Waals surface area contributed by atoms with Crippen molar-refractivity contribution in [1.82, 2.24) is 10.3 Å². The van der Waals surface area contributed by atoms with Gasteiger partial charge in [0.05, 0.1) is 15.6 Å². The highest BCUT2D eigenvalue weighted by Gasteiger charge is 2.14. The summed E-state index contributed by atoms with van der Waals surface area (Å²) in [5.41, 5.74) is 4.36. The van der Waals surface area contributed by atoms with Crippen LogP contribution in [0.3, 0.4) is 0 Å². The van der Waals surface area contributed by atoms with Crippen molar-refractivity contribution in [2.45, 2.75) is 13.2 Å². The predicted octanol–water partition coefficient (Wildman–Crippen LogP) is 7.31. The van der Waals surface area contributed by atoms with Gasteiger partial charge in [-0.2, -0.15) is 0 Å². The number of aldehydes is 1. The fourth-order valence-corrected chi connectivity index (χ4v) is 4.20. The summed E-state index contributed by atoms with van der Waals surface area (Å²) in [6.07, 6.45) is 0.662. The Morgan fingerprint density at radius 1 is 0.861 bits per heavy atom. The largest absolute Gasteiger partial charge is 0.488 e. The van der Waals surface area contributed by atoms with Gasteiger partial charge in [-0.3, -0.25) is 4.79 Å². The Bertz CT molecular complexity index is 1570. The number of aromatic nitrogens is 2. The number of fused-ring (bicyclic) bond motifs is 1. The second-order valence-corrected chi connectivity index (χ2v) is 8.68. The molecule has 5 rings (SSSR count). The lowest BCUT2D eigenvalue weighted by Gasteiger charge is -2.15. The van der Waals surface area contributed by atoms with Crippen LogP contribution in [0.25, 0.3) is 22.2 Å². The molecule has 0 unspecified atom stereocenters. The molecule has 0 bridgehead atoms. The van der Waals surface area contributed by atoms with Gasteiger partial charge in [0.15, 0.2) is 6.29 Å². The van der Waals surface area contributed by atoms with Crippen LogP contribution in [-0.2, 0) is 13.2 Å². The lowest BCUT2D eigenvalue weighted by atomic mass is 10.0. The van der Waals surface area contributed by atoms with E-state index in [-0.39, 0.29) is 29.6 Å². The molecule has 9 heteroatoms. The van der Waals surface area contributed by atoms with Gasteiger partial charge >= 0.3 is 0 Å². The average Bonchev–Trinajstić information content (AvgIpc) is 3.35. The highest BCUT2D eigenvalue weighted by atomic mass is 35.5. The minimum absolute atomic E-state index is 0.0947. The Balaban J connectivity index is 1.35. The zero-order valence-electron chi connectivity index (χ0n) is 18.6. The maximum Gasteiger partial charge on any atom is 0.153 e. The van der Waals surface area contributed by atoms with Crippen molar-refractivity contribution in [2.75, 3.05) is 0 Å². The number of halogens is 3. The number of carbonyl (C=O) groups is 1. The van der Waals surface area contributed by atoms with Crippen molar-refractivity contribution < 1.29 is 23.3 Å². The first-order valence-electron chi connectivity index (χ1n) is 10.8. The second kappa shape index (κ2) is 10.4. The normalized spacial score (nSPS) is 11.0. The second-order valence-electron chi connectivity index (χ2n) is 7.89. The Kier molecular flexibility index (Phi) is 6.84. The van der Waals surface area contributed by atoms with Crippen molar-refractivity contribution >= 4 is 40.5 Å². The first-order valence-corrected chi connectivity index (χ1v) is 11.6. The third-order valence-electron chi connectivity index (χ3n) is 5.50. The number of hydrogen-bond acceptors (Lipinski definition) is 6. The van der Waals surface area contributed by atoms with Crippen LogP contribution in [0.2, 0.25) is 10.0 Å². The molecule has 0 spiro atoms. The molecule has 0 N–H and O–H groups in total. The van der Waals surface area contributed by atoms with E-state index >= 15 is 0 Å². The van der Waals surface area contributed by atoms with E-state index in [4.69, 9.17) is 37.3 Å². The summed E-state index contributed by atoms with van der Waals surface area (Å²) >= 11 is 13.0. The first-order chi connectivity index (χ1) is 17.5. The third kappa shape index (κ3) is 5.03. The topological polar surface area (TPSA) is 74.5 Å². The minimum Gasteiger partial charge on any atom is -0.488 e. The number of ether oxygens (including phenoxy) is 2. The van der Waals surface area contributed by atoms with E-state index < -0.39 is 0 Å². The summed E-state index contributed by atoms with van der Waals surface area (Å²) in [6, 6.07) is 20.1. The number of benzene rings is 4. The zero-order chi connectivity index (χ0) is 25.1. The number of carbonyl (C=O) groups excluding carboxylic acids is 1. The SMILES string of the molecule is O=Cc1cc(Cl)c(OCc2cccc(-c3cccc(F)c3)c2Cl)cc1OCc1ccc2nonc2c1. The van der Waals surface area contributed by atoms with Crippen molar-refractivity contribution in [3.63, 3.8) is 0 Å². The summed E-state index contributed by atoms with van der Waals surface area (Å²) in [5.74, 6) is 0.278. The van der Waals surface area contributed by atoms with Crippen LogP contribution >= 0.6 is 23.2 Å². The van der Waals surface area contributed by atoms with E-state index in [1.54, 1.807) is 30.3 Å². The fourth-order valence-electron chi connectivity index (χ4n) is 3.68. The molecule has 4 aromatic carbocycles. The Morgan fingerprint density at radius 2 is 1.67 bits per heavy atom. The molecule has 180 valence electrons. The molecule has 0 fully saturated rings. The molecular formula is C27H17Cl2FN2O4. The molecule has 0 aliphatic carbocycles. The molecule has 0 saturated carbocycles. The van der Waals surface area contributed by atoms with E-state index in [2.05, 4.69) is 10.3 Å². The van der Waals surface area contributed by atoms with Crippen molar-refractivity contribution in [3.8, 4) is 22.6 Å². The van der Waals surface area contributed by atoms with Crippen LogP contribution in [0.1, 0.15) is 21.5 Å². The Hall–Kier alpha value is -3.94. The lowest BCUT2D eigenvalue weighted by Crippen LogP contribution is -2.02. The Labute approximate surface area is 215 Å². The molecule has 0 radical (unpaired) electrons. The van der Waals surface area contributed by atoms with Crippen molar-refractivity contribution in [3.05, 3.63) is 105 Å². The quantitative estimate of drug-likeness (QED) is 0.199. The molecule has 1 aromatic heterocycles. The summed E-state index contributed by atoms with van der Waals surface area (Å²) in [6.45, 7) is 0.267. The monoisotopic (exact) mass is 522 g/mol. The molecule has 0 atom stereocenters. The molecule has 1 heterocycles. The molecular weight excluding hydrogens is 506 g/mol. The maximum absolute atomic E-state index is 13.7. The van der Waals surface area contributed by atoms with Gasteiger partial charge in [-0.15, -0.1) is 0 Å². The standard InChI is InChI=1S/C27H17Cl2FN2O4/c28-22-11-19(13-33)25(34-14-16-7-8-23-24(9-16)32-36-31-23)12-26(22)35-15-18-4-2-6-21(27(18)29)17-3-1-5-20(30)10-17/h1-13H,14-15H2. The van der Waals surface area contributed by atoms with Gasteiger partial charge in [-0.05, 0) is 51.8 Å². The third-order valence-corrected chi connectivity index (χ3v) is 6.24. The minimum atomic E-state index is -0.350. The van der Waals surface area contributed by atoms with Crippen LogP contribution in [0, 0.1) is 5.82 Å². The Morgan fingerprint density at radius 3 is 2.50 bits per heavy atom. The van der Waals surface area contributed by atoms with Crippen molar-refractivity contribution in [2.24, 2.45) is 0 Å². The van der Waals surface area contributed by atoms with E-state index in [0.717, 1.165) is 5.56 Å². The lowest BCUT2D eigenvalue weighted by molar-refractivity contribution is 0.111. The molecule has 6 nitrogen and oxygen atoms in total. The van der Waals surface area contributed by atoms with Crippen LogP contribution in [-0.4, -0.2) is 16.6 Å². The summed E-state index contributed by atoms with van der Waals surface area (Å²) in [5, 5.41) is 8.28.